The summed E-state index contributed by atoms with van der Waals surface area (Å²) in [5.41, 5.74) is 21.1. The van der Waals surface area contributed by atoms with E-state index in [2.05, 4.69) is 289 Å². The average Bonchev–Trinajstić information content (AvgIpc) is 3.76. The number of benzene rings is 11. The van der Waals surface area contributed by atoms with E-state index in [1.165, 1.54) is 77.4 Å². The van der Waals surface area contributed by atoms with Gasteiger partial charge in [0.05, 0.1) is 11.0 Å². The minimum absolute atomic E-state index is 1.08. The van der Waals surface area contributed by atoms with E-state index in [1.807, 2.05) is 0 Å². The molecule has 0 N–H and O–H groups in total. The Morgan fingerprint density at radius 2 is 0.544 bits per heavy atom. The third kappa shape index (κ3) is 7.54. The molecule has 1 aromatic heterocycles. The maximum Gasteiger partial charge on any atom is 0.0541 e. The van der Waals surface area contributed by atoms with E-state index in [0.29, 0.717) is 0 Å². The maximum atomic E-state index is 2.38. The Balaban J connectivity index is 0.911. The third-order valence-electron chi connectivity index (χ3n) is 13.3. The summed E-state index contributed by atoms with van der Waals surface area (Å²) in [4.78, 5) is 2.36. The minimum Gasteiger partial charge on any atom is -0.311 e. The first-order chi connectivity index (χ1) is 33.7. The summed E-state index contributed by atoms with van der Waals surface area (Å²) >= 11 is 0. The number of fused-ring (bicyclic) bond motifs is 3. The van der Waals surface area contributed by atoms with Crippen LogP contribution in [0.4, 0.5) is 17.1 Å². The highest BCUT2D eigenvalue weighted by Crippen LogP contribution is 2.43. The lowest BCUT2D eigenvalue weighted by Gasteiger charge is -2.26. The third-order valence-corrected chi connectivity index (χ3v) is 13.3. The van der Waals surface area contributed by atoms with Crippen molar-refractivity contribution in [3.05, 3.63) is 279 Å². The van der Waals surface area contributed by atoms with Crippen molar-refractivity contribution in [2.75, 3.05) is 4.90 Å². The Morgan fingerprint density at radius 3 is 1.03 bits per heavy atom. The van der Waals surface area contributed by atoms with Crippen LogP contribution in [0.1, 0.15) is 0 Å². The molecule has 11 aromatic carbocycles. The number of aromatic nitrogens is 1. The van der Waals surface area contributed by atoms with Crippen LogP contribution >= 0.6 is 0 Å². The van der Waals surface area contributed by atoms with Crippen LogP contribution in [0.25, 0.3) is 94.3 Å². The van der Waals surface area contributed by atoms with E-state index in [4.69, 9.17) is 0 Å². The summed E-state index contributed by atoms with van der Waals surface area (Å²) in [6.07, 6.45) is 0. The van der Waals surface area contributed by atoms with Gasteiger partial charge in [-0.15, -0.1) is 0 Å². The van der Waals surface area contributed by atoms with Crippen molar-refractivity contribution in [3.63, 3.8) is 0 Å². The Bertz CT molecular complexity index is 3650. The van der Waals surface area contributed by atoms with Crippen molar-refractivity contribution in [1.82, 2.24) is 4.57 Å². The molecule has 0 unspecified atom stereocenters. The van der Waals surface area contributed by atoms with Crippen molar-refractivity contribution in [2.24, 2.45) is 0 Å². The van der Waals surface area contributed by atoms with Crippen molar-refractivity contribution in [2.45, 2.75) is 0 Å². The quantitative estimate of drug-likeness (QED) is 0.133. The molecule has 0 bridgehead atoms. The molecule has 0 aliphatic carbocycles. The van der Waals surface area contributed by atoms with Gasteiger partial charge in [-0.3, -0.25) is 0 Å². The second-order valence-corrected chi connectivity index (χ2v) is 17.3. The van der Waals surface area contributed by atoms with Gasteiger partial charge in [-0.1, -0.05) is 218 Å². The minimum atomic E-state index is 1.08. The van der Waals surface area contributed by atoms with Crippen LogP contribution in [0, 0.1) is 0 Å². The second-order valence-electron chi connectivity index (χ2n) is 17.3. The molecule has 320 valence electrons. The molecular weight excluding hydrogens is 821 g/mol. The van der Waals surface area contributed by atoms with Crippen molar-refractivity contribution in [1.29, 1.82) is 0 Å². The highest BCUT2D eigenvalue weighted by molar-refractivity contribution is 6.09. The first-order valence-corrected chi connectivity index (χ1v) is 23.3. The Hall–Kier alpha value is -8.98. The van der Waals surface area contributed by atoms with Crippen LogP contribution in [0.15, 0.2) is 279 Å². The molecule has 0 aliphatic rings. The normalized spacial score (nSPS) is 11.2. The van der Waals surface area contributed by atoms with E-state index >= 15 is 0 Å². The summed E-state index contributed by atoms with van der Waals surface area (Å²) < 4.78 is 2.38. The van der Waals surface area contributed by atoms with E-state index in [9.17, 15) is 0 Å². The lowest BCUT2D eigenvalue weighted by Crippen LogP contribution is -2.09. The maximum absolute atomic E-state index is 2.38. The molecule has 2 nitrogen and oxygen atoms in total. The van der Waals surface area contributed by atoms with Gasteiger partial charge in [0.15, 0.2) is 0 Å². The monoisotopic (exact) mass is 866 g/mol. The van der Waals surface area contributed by atoms with Crippen LogP contribution in [0.3, 0.4) is 0 Å². The van der Waals surface area contributed by atoms with Gasteiger partial charge in [0.1, 0.15) is 0 Å². The lowest BCUT2D eigenvalue weighted by molar-refractivity contribution is 1.18. The largest absolute Gasteiger partial charge is 0.311 e. The molecule has 1 heterocycles. The van der Waals surface area contributed by atoms with Gasteiger partial charge in [0.25, 0.3) is 0 Å². The summed E-state index contributed by atoms with van der Waals surface area (Å²) in [5, 5.41) is 2.52. The molecule has 0 fully saturated rings. The van der Waals surface area contributed by atoms with E-state index < -0.39 is 0 Å². The number of rotatable bonds is 10. The fourth-order valence-corrected chi connectivity index (χ4v) is 10.0. The van der Waals surface area contributed by atoms with Crippen molar-refractivity contribution < 1.29 is 0 Å². The lowest BCUT2D eigenvalue weighted by atomic mass is 9.87. The molecule has 0 saturated heterocycles. The Labute approximate surface area is 397 Å². The summed E-state index contributed by atoms with van der Waals surface area (Å²) in [6.45, 7) is 0. The van der Waals surface area contributed by atoms with E-state index in [-0.39, 0.29) is 0 Å². The standard InChI is InChI=1S/C66H46N2/c1-3-18-47(19-4-1)48-34-40-53(41-35-48)67(54-42-36-49(37-43-54)52-22-17-23-56(46-52)68-65-32-15-13-30-63(65)64-31-14-16-33-66(64)68)55-44-38-51(39-45-55)58-25-8-10-27-60(58)62-29-12-11-28-61(62)59-26-9-7-24-57(59)50-20-5-2-6-21-50/h1-46H. The van der Waals surface area contributed by atoms with Gasteiger partial charge in [-0.05, 0) is 127 Å². The molecule has 12 aromatic rings. The Morgan fingerprint density at radius 1 is 0.221 bits per heavy atom. The van der Waals surface area contributed by atoms with Gasteiger partial charge in [-0.25, -0.2) is 0 Å². The van der Waals surface area contributed by atoms with Gasteiger partial charge in [0.2, 0.25) is 0 Å². The van der Waals surface area contributed by atoms with Gasteiger partial charge < -0.3 is 9.47 Å². The van der Waals surface area contributed by atoms with E-state index in [1.54, 1.807) is 0 Å². The topological polar surface area (TPSA) is 8.17 Å². The molecule has 68 heavy (non-hydrogen) atoms. The number of nitrogens with zero attached hydrogens (tertiary/aromatic N) is 2. The smallest absolute Gasteiger partial charge is 0.0541 e. The highest BCUT2D eigenvalue weighted by atomic mass is 15.1. The summed E-state index contributed by atoms with van der Waals surface area (Å²) in [5.74, 6) is 0. The Kier molecular flexibility index (Phi) is 10.6. The SMILES string of the molecule is c1ccc(-c2ccc(N(c3ccc(-c4cccc(-n5c6ccccc6c6ccccc65)c4)cc3)c3ccc(-c4ccccc4-c4ccccc4-c4ccccc4-c4ccccc4)cc3)cc2)cc1. The van der Waals surface area contributed by atoms with Crippen molar-refractivity contribution in [3.8, 4) is 72.4 Å². The molecule has 0 saturated carbocycles. The molecule has 2 heteroatoms. The molecule has 12 rings (SSSR count). The van der Waals surface area contributed by atoms with Crippen LogP contribution in [0.2, 0.25) is 0 Å². The fourth-order valence-electron chi connectivity index (χ4n) is 10.0. The molecule has 0 atom stereocenters. The molecule has 0 spiro atoms. The average molecular weight is 867 g/mol. The zero-order chi connectivity index (χ0) is 45.2. The van der Waals surface area contributed by atoms with Crippen LogP contribution < -0.4 is 4.90 Å². The predicted molar refractivity (Wildman–Crippen MR) is 288 cm³/mol. The summed E-state index contributed by atoms with van der Waals surface area (Å²) in [6, 6.07) is 101. The second kappa shape index (κ2) is 17.8. The predicted octanol–water partition coefficient (Wildman–Crippen LogP) is 18.3. The number of hydrogen-bond acceptors (Lipinski definition) is 1. The van der Waals surface area contributed by atoms with Gasteiger partial charge >= 0.3 is 0 Å². The zero-order valence-corrected chi connectivity index (χ0v) is 37.5. The highest BCUT2D eigenvalue weighted by Gasteiger charge is 2.18. The van der Waals surface area contributed by atoms with Gasteiger partial charge in [-0.2, -0.15) is 0 Å². The summed E-state index contributed by atoms with van der Waals surface area (Å²) in [7, 11) is 0. The molecule has 0 amide bonds. The van der Waals surface area contributed by atoms with Crippen LogP contribution in [-0.2, 0) is 0 Å². The van der Waals surface area contributed by atoms with Crippen molar-refractivity contribution >= 4 is 38.9 Å². The number of anilines is 3. The first-order valence-electron chi connectivity index (χ1n) is 23.3. The zero-order valence-electron chi connectivity index (χ0n) is 37.5. The molecule has 0 aliphatic heterocycles. The van der Waals surface area contributed by atoms with Gasteiger partial charge in [0, 0.05) is 33.5 Å². The number of hydrogen-bond donors (Lipinski definition) is 0. The number of para-hydroxylation sites is 2. The van der Waals surface area contributed by atoms with E-state index in [0.717, 1.165) is 33.9 Å². The molecule has 0 radical (unpaired) electrons. The van der Waals surface area contributed by atoms with Crippen LogP contribution in [0.5, 0.6) is 0 Å². The fraction of sp³-hybridized carbons (Fsp3) is 0. The first kappa shape index (κ1) is 40.5. The molecular formula is C66H46N2. The van der Waals surface area contributed by atoms with Crippen LogP contribution in [-0.4, -0.2) is 4.57 Å².